The van der Waals surface area contributed by atoms with Crippen molar-refractivity contribution in [2.24, 2.45) is 0 Å². The summed E-state index contributed by atoms with van der Waals surface area (Å²) >= 11 is 5.93. The summed E-state index contributed by atoms with van der Waals surface area (Å²) in [6, 6.07) is 19.7. The molecule has 0 amide bonds. The van der Waals surface area contributed by atoms with Gasteiger partial charge in [0.25, 0.3) is 0 Å². The minimum atomic E-state index is 0.325. The van der Waals surface area contributed by atoms with Crippen molar-refractivity contribution in [3.8, 4) is 22.8 Å². The van der Waals surface area contributed by atoms with E-state index in [-0.39, 0.29) is 0 Å². The molecule has 2 aromatic carbocycles. The van der Waals surface area contributed by atoms with E-state index in [0.717, 1.165) is 65.7 Å². The second kappa shape index (κ2) is 9.67. The fourth-order valence-electron chi connectivity index (χ4n) is 4.73. The first-order valence-corrected chi connectivity index (χ1v) is 12.4. The molecule has 0 atom stereocenters. The zero-order valence-corrected chi connectivity index (χ0v) is 20.8. The van der Waals surface area contributed by atoms with Crippen LogP contribution in [0.5, 0.6) is 5.75 Å². The maximum atomic E-state index is 6.03. The van der Waals surface area contributed by atoms with Crippen LogP contribution < -0.4 is 4.74 Å². The molecule has 1 fully saturated rings. The first-order valence-electron chi connectivity index (χ1n) is 12.0. The van der Waals surface area contributed by atoms with E-state index < -0.39 is 0 Å². The number of methoxy groups -OCH3 is 1. The Balaban J connectivity index is 1.24. The van der Waals surface area contributed by atoms with Crippen molar-refractivity contribution in [2.75, 3.05) is 20.2 Å². The van der Waals surface area contributed by atoms with Gasteiger partial charge in [0.1, 0.15) is 11.3 Å². The second-order valence-corrected chi connectivity index (χ2v) is 9.29. The number of nitrogens with zero attached hydrogens (tertiary/aromatic N) is 6. The third-order valence-corrected chi connectivity index (χ3v) is 7.08. The van der Waals surface area contributed by atoms with E-state index >= 15 is 0 Å². The van der Waals surface area contributed by atoms with Gasteiger partial charge in [-0.05, 0) is 73.6 Å². The van der Waals surface area contributed by atoms with E-state index in [0.29, 0.717) is 17.4 Å². The van der Waals surface area contributed by atoms with Crippen LogP contribution in [0.3, 0.4) is 0 Å². The number of aromatic nitrogens is 5. The van der Waals surface area contributed by atoms with Gasteiger partial charge in [0, 0.05) is 37.0 Å². The number of fused-ring (bicyclic) bond motifs is 1. The summed E-state index contributed by atoms with van der Waals surface area (Å²) in [6.45, 7) is 2.47. The molecule has 0 saturated carbocycles. The van der Waals surface area contributed by atoms with Crippen molar-refractivity contribution >= 4 is 23.3 Å². The third kappa shape index (κ3) is 4.31. The van der Waals surface area contributed by atoms with Crippen LogP contribution in [-0.2, 0) is 6.67 Å². The van der Waals surface area contributed by atoms with Crippen LogP contribution in [0.25, 0.3) is 28.2 Å². The Morgan fingerprint density at radius 1 is 1.00 bits per heavy atom. The summed E-state index contributed by atoms with van der Waals surface area (Å²) in [5.74, 6) is 2.75. The molecular weight excluding hydrogens is 472 g/mol. The van der Waals surface area contributed by atoms with Crippen molar-refractivity contribution in [1.29, 1.82) is 0 Å². The van der Waals surface area contributed by atoms with Crippen molar-refractivity contribution in [3.05, 3.63) is 83.7 Å². The Labute approximate surface area is 213 Å². The average molecular weight is 499 g/mol. The lowest BCUT2D eigenvalue weighted by Gasteiger charge is -2.30. The zero-order valence-electron chi connectivity index (χ0n) is 19.9. The molecule has 0 N–H and O–H groups in total. The highest BCUT2D eigenvalue weighted by atomic mass is 32.1. The highest BCUT2D eigenvalue weighted by Crippen LogP contribution is 2.30. The number of hydrogen-bond donors (Lipinski definition) is 0. The minimum Gasteiger partial charge on any atom is -0.497 e. The van der Waals surface area contributed by atoms with E-state index in [2.05, 4.69) is 9.88 Å². The van der Waals surface area contributed by atoms with Crippen molar-refractivity contribution < 1.29 is 9.15 Å². The lowest BCUT2D eigenvalue weighted by atomic mass is 9.97. The molecule has 8 nitrogen and oxygen atoms in total. The number of benzene rings is 2. The molecule has 1 saturated heterocycles. The van der Waals surface area contributed by atoms with Crippen LogP contribution >= 0.6 is 12.2 Å². The number of pyridine rings is 1. The monoisotopic (exact) mass is 498 g/mol. The minimum absolute atomic E-state index is 0.325. The highest BCUT2D eigenvalue weighted by molar-refractivity contribution is 7.71. The molecule has 1 aliphatic rings. The lowest BCUT2D eigenvalue weighted by Crippen LogP contribution is -2.35. The van der Waals surface area contributed by atoms with Crippen LogP contribution in [0, 0.1) is 4.77 Å². The summed E-state index contributed by atoms with van der Waals surface area (Å²) in [6.07, 6.45) is 5.51. The number of para-hydroxylation sites is 2. The smallest absolute Gasteiger partial charge is 0.204 e. The van der Waals surface area contributed by atoms with Gasteiger partial charge in [-0.15, -0.1) is 5.10 Å². The van der Waals surface area contributed by atoms with Crippen molar-refractivity contribution in [2.45, 2.75) is 25.4 Å². The number of likely N-dealkylation sites (tertiary alicyclic amines) is 1. The maximum absolute atomic E-state index is 6.03. The molecule has 5 aromatic rings. The molecule has 6 rings (SSSR count). The van der Waals surface area contributed by atoms with Gasteiger partial charge in [-0.25, -0.2) is 9.67 Å². The fraction of sp³-hybridized carbons (Fsp3) is 0.259. The standard InChI is InChI=1S/C27H26N6O2S/c1-34-22-8-6-21(7-9-22)33-25(19-10-14-28-15-11-19)30-32(27(33)36)18-31-16-12-20(13-17-31)26-29-23-4-2-3-5-24(23)35-26/h2-11,14-15,20H,12-13,16-18H2,1H3. The number of oxazole rings is 1. The topological polar surface area (TPSA) is 74.1 Å². The molecule has 0 unspecified atom stereocenters. The fourth-order valence-corrected chi connectivity index (χ4v) is 5.02. The molecule has 4 heterocycles. The van der Waals surface area contributed by atoms with Gasteiger partial charge in [0.05, 0.1) is 19.5 Å². The number of rotatable bonds is 6. The number of hydrogen-bond acceptors (Lipinski definition) is 7. The van der Waals surface area contributed by atoms with Gasteiger partial charge < -0.3 is 9.15 Å². The van der Waals surface area contributed by atoms with Crippen molar-refractivity contribution in [3.63, 3.8) is 0 Å². The molecule has 3 aromatic heterocycles. The van der Waals surface area contributed by atoms with Gasteiger partial charge in [-0.3, -0.25) is 14.5 Å². The third-order valence-electron chi connectivity index (χ3n) is 6.69. The van der Waals surface area contributed by atoms with E-state index in [9.17, 15) is 0 Å². The van der Waals surface area contributed by atoms with E-state index in [1.807, 2.05) is 69.9 Å². The van der Waals surface area contributed by atoms with E-state index in [4.69, 9.17) is 31.5 Å². The van der Waals surface area contributed by atoms with Gasteiger partial charge in [0.2, 0.25) is 4.77 Å². The SMILES string of the molecule is COc1ccc(-n2c(-c3ccncc3)nn(CN3CCC(c4nc5ccccc5o4)CC3)c2=S)cc1. The van der Waals surface area contributed by atoms with Gasteiger partial charge in [0.15, 0.2) is 17.3 Å². The van der Waals surface area contributed by atoms with Crippen molar-refractivity contribution in [1.82, 2.24) is 29.2 Å². The first-order chi connectivity index (χ1) is 17.7. The van der Waals surface area contributed by atoms with Gasteiger partial charge in [-0.1, -0.05) is 12.1 Å². The summed E-state index contributed by atoms with van der Waals surface area (Å²) in [5, 5.41) is 4.94. The Morgan fingerprint density at radius 3 is 2.47 bits per heavy atom. The normalized spacial score (nSPS) is 14.9. The van der Waals surface area contributed by atoms with Gasteiger partial charge >= 0.3 is 0 Å². The Kier molecular flexibility index (Phi) is 6.08. The zero-order chi connectivity index (χ0) is 24.5. The molecule has 0 radical (unpaired) electrons. The van der Waals surface area contributed by atoms with Crippen LogP contribution in [0.15, 0.2) is 77.5 Å². The Bertz CT molecular complexity index is 1500. The molecule has 36 heavy (non-hydrogen) atoms. The molecule has 9 heteroatoms. The molecule has 0 aliphatic carbocycles. The molecule has 0 spiro atoms. The molecular formula is C27H26N6O2S. The largest absolute Gasteiger partial charge is 0.497 e. The van der Waals surface area contributed by atoms with E-state index in [1.165, 1.54) is 0 Å². The van der Waals surface area contributed by atoms with Crippen LogP contribution in [0.2, 0.25) is 0 Å². The highest BCUT2D eigenvalue weighted by Gasteiger charge is 2.26. The molecule has 1 aliphatic heterocycles. The quantitative estimate of drug-likeness (QED) is 0.288. The van der Waals surface area contributed by atoms with Crippen LogP contribution in [0.1, 0.15) is 24.7 Å². The summed E-state index contributed by atoms with van der Waals surface area (Å²) in [7, 11) is 1.66. The van der Waals surface area contributed by atoms with E-state index in [1.54, 1.807) is 19.5 Å². The van der Waals surface area contributed by atoms with Crippen LogP contribution in [-0.4, -0.2) is 49.4 Å². The maximum Gasteiger partial charge on any atom is 0.204 e. The molecule has 0 bridgehead atoms. The summed E-state index contributed by atoms with van der Waals surface area (Å²) in [5.41, 5.74) is 3.68. The predicted octanol–water partition coefficient (Wildman–Crippen LogP) is 5.45. The summed E-state index contributed by atoms with van der Waals surface area (Å²) in [4.78, 5) is 11.3. The average Bonchev–Trinajstić information content (AvgIpc) is 3.51. The Hall–Kier alpha value is -3.82. The molecule has 182 valence electrons. The Morgan fingerprint density at radius 2 is 1.75 bits per heavy atom. The summed E-state index contributed by atoms with van der Waals surface area (Å²) < 4.78 is 15.9. The number of ether oxygens (including phenoxy) is 1. The predicted molar refractivity (Wildman–Crippen MR) is 140 cm³/mol. The number of piperidine rings is 1. The van der Waals surface area contributed by atoms with Gasteiger partial charge in [-0.2, -0.15) is 0 Å². The second-order valence-electron chi connectivity index (χ2n) is 8.93. The first kappa shape index (κ1) is 22.6. The lowest BCUT2D eigenvalue weighted by molar-refractivity contribution is 0.153. The van der Waals surface area contributed by atoms with Crippen LogP contribution in [0.4, 0.5) is 0 Å².